The van der Waals surface area contributed by atoms with Crippen LogP contribution in [0.25, 0.3) is 0 Å². The number of ether oxygens (including phenoxy) is 3. The molecule has 22 heavy (non-hydrogen) atoms. The van der Waals surface area contributed by atoms with Crippen molar-refractivity contribution in [3.63, 3.8) is 0 Å². The third-order valence-electron chi connectivity index (χ3n) is 2.90. The van der Waals surface area contributed by atoms with Gasteiger partial charge in [0.1, 0.15) is 12.7 Å². The van der Waals surface area contributed by atoms with Gasteiger partial charge in [0.15, 0.2) is 0 Å². The quantitative estimate of drug-likeness (QED) is 0.407. The van der Waals surface area contributed by atoms with Crippen LogP contribution in [0.5, 0.6) is 0 Å². The van der Waals surface area contributed by atoms with Gasteiger partial charge >= 0.3 is 17.9 Å². The van der Waals surface area contributed by atoms with Gasteiger partial charge in [-0.25, -0.2) is 0 Å². The number of carbonyl (C=O) groups is 3. The number of rotatable bonds is 12. The van der Waals surface area contributed by atoms with Gasteiger partial charge in [-0.3, -0.25) is 14.4 Å². The van der Waals surface area contributed by atoms with E-state index in [1.54, 1.807) is 6.92 Å². The van der Waals surface area contributed by atoms with E-state index in [2.05, 4.69) is 0 Å². The van der Waals surface area contributed by atoms with Gasteiger partial charge in [-0.1, -0.05) is 26.7 Å². The first-order valence-electron chi connectivity index (χ1n) is 8.04. The average molecular weight is 316 g/mol. The lowest BCUT2D eigenvalue weighted by Crippen LogP contribution is -2.28. The highest BCUT2D eigenvalue weighted by Crippen LogP contribution is 2.07. The van der Waals surface area contributed by atoms with Crippen molar-refractivity contribution in [2.75, 3.05) is 13.2 Å². The number of unbranched alkanes of at least 4 members (excludes halogenated alkanes) is 2. The molecule has 0 aromatic rings. The summed E-state index contributed by atoms with van der Waals surface area (Å²) in [6.45, 7) is 5.79. The van der Waals surface area contributed by atoms with E-state index in [0.717, 1.165) is 25.7 Å². The standard InChI is InChI=1S/C16H28O6/c1-4-7-9-14(17)21-12-13(11-16(19)20-6-3)22-15(18)10-8-5-2/h13H,4-12H2,1-3H3. The largest absolute Gasteiger partial charge is 0.466 e. The molecule has 0 N–H and O–H groups in total. The maximum absolute atomic E-state index is 11.7. The van der Waals surface area contributed by atoms with Crippen molar-refractivity contribution in [3.05, 3.63) is 0 Å². The second-order valence-corrected chi connectivity index (χ2v) is 5.01. The zero-order valence-electron chi connectivity index (χ0n) is 13.9. The summed E-state index contributed by atoms with van der Waals surface area (Å²) < 4.78 is 15.1. The lowest BCUT2D eigenvalue weighted by Gasteiger charge is -2.17. The van der Waals surface area contributed by atoms with E-state index in [1.165, 1.54) is 0 Å². The zero-order valence-corrected chi connectivity index (χ0v) is 13.9. The summed E-state index contributed by atoms with van der Waals surface area (Å²) >= 11 is 0. The number of hydrogen-bond acceptors (Lipinski definition) is 6. The number of hydrogen-bond donors (Lipinski definition) is 0. The van der Waals surface area contributed by atoms with E-state index in [1.807, 2.05) is 13.8 Å². The van der Waals surface area contributed by atoms with Crippen LogP contribution in [0.4, 0.5) is 0 Å². The van der Waals surface area contributed by atoms with Gasteiger partial charge in [0.2, 0.25) is 0 Å². The van der Waals surface area contributed by atoms with Crippen molar-refractivity contribution in [1.29, 1.82) is 0 Å². The van der Waals surface area contributed by atoms with Crippen LogP contribution in [0.2, 0.25) is 0 Å². The van der Waals surface area contributed by atoms with E-state index in [9.17, 15) is 14.4 Å². The Morgan fingerprint density at radius 1 is 0.818 bits per heavy atom. The highest BCUT2D eigenvalue weighted by atomic mass is 16.6. The Hall–Kier alpha value is -1.59. The van der Waals surface area contributed by atoms with Crippen molar-refractivity contribution in [2.24, 2.45) is 0 Å². The molecule has 0 heterocycles. The molecule has 0 fully saturated rings. The van der Waals surface area contributed by atoms with Gasteiger partial charge in [0.25, 0.3) is 0 Å². The predicted molar refractivity (Wildman–Crippen MR) is 81.1 cm³/mol. The van der Waals surface area contributed by atoms with E-state index < -0.39 is 12.1 Å². The summed E-state index contributed by atoms with van der Waals surface area (Å²) in [5.41, 5.74) is 0. The molecule has 0 bridgehead atoms. The van der Waals surface area contributed by atoms with Crippen LogP contribution in [0.1, 0.15) is 65.7 Å². The van der Waals surface area contributed by atoms with E-state index in [4.69, 9.17) is 14.2 Å². The zero-order chi connectivity index (χ0) is 16.8. The maximum Gasteiger partial charge on any atom is 0.309 e. The summed E-state index contributed by atoms with van der Waals surface area (Å²) in [5.74, 6) is -1.21. The SMILES string of the molecule is CCCCC(=O)OCC(CC(=O)OCC)OC(=O)CCCC. The molecule has 128 valence electrons. The second-order valence-electron chi connectivity index (χ2n) is 5.01. The molecule has 0 spiro atoms. The normalized spacial score (nSPS) is 11.6. The van der Waals surface area contributed by atoms with Gasteiger partial charge in [0.05, 0.1) is 13.0 Å². The molecule has 6 nitrogen and oxygen atoms in total. The third kappa shape index (κ3) is 11.1. The lowest BCUT2D eigenvalue weighted by atomic mass is 10.2. The Morgan fingerprint density at radius 3 is 1.95 bits per heavy atom. The highest BCUT2D eigenvalue weighted by molar-refractivity contribution is 5.73. The third-order valence-corrected chi connectivity index (χ3v) is 2.90. The molecule has 0 radical (unpaired) electrons. The monoisotopic (exact) mass is 316 g/mol. The van der Waals surface area contributed by atoms with Crippen molar-refractivity contribution in [1.82, 2.24) is 0 Å². The smallest absolute Gasteiger partial charge is 0.309 e. The first kappa shape index (κ1) is 20.4. The molecule has 0 aliphatic heterocycles. The predicted octanol–water partition coefficient (Wildman–Crippen LogP) is 2.78. The molecule has 0 aromatic carbocycles. The van der Waals surface area contributed by atoms with Gasteiger partial charge < -0.3 is 14.2 Å². The molecule has 0 saturated carbocycles. The summed E-state index contributed by atoms with van der Waals surface area (Å²) in [7, 11) is 0. The molecule has 0 aliphatic carbocycles. The summed E-state index contributed by atoms with van der Waals surface area (Å²) in [5, 5.41) is 0. The minimum atomic E-state index is -0.783. The van der Waals surface area contributed by atoms with Crippen molar-refractivity contribution in [2.45, 2.75) is 71.8 Å². The van der Waals surface area contributed by atoms with Crippen molar-refractivity contribution >= 4 is 17.9 Å². The molecule has 6 heteroatoms. The maximum atomic E-state index is 11.7. The van der Waals surface area contributed by atoms with Gasteiger partial charge in [-0.2, -0.15) is 0 Å². The topological polar surface area (TPSA) is 78.9 Å². The minimum absolute atomic E-state index is 0.104. The Balaban J connectivity index is 4.35. The van der Waals surface area contributed by atoms with Crippen LogP contribution in [-0.2, 0) is 28.6 Å². The van der Waals surface area contributed by atoms with Gasteiger partial charge in [-0.05, 0) is 19.8 Å². The summed E-state index contributed by atoms with van der Waals surface area (Å²) in [6.07, 6.45) is 2.98. The Morgan fingerprint density at radius 2 is 1.41 bits per heavy atom. The van der Waals surface area contributed by atoms with Crippen LogP contribution in [0.15, 0.2) is 0 Å². The molecular weight excluding hydrogens is 288 g/mol. The fraction of sp³-hybridized carbons (Fsp3) is 0.812. The van der Waals surface area contributed by atoms with Crippen molar-refractivity contribution < 1.29 is 28.6 Å². The number of esters is 3. The molecule has 1 atom stereocenters. The first-order valence-corrected chi connectivity index (χ1v) is 8.04. The lowest BCUT2D eigenvalue weighted by molar-refractivity contribution is -0.163. The number of carbonyl (C=O) groups excluding carboxylic acids is 3. The van der Waals surface area contributed by atoms with Crippen LogP contribution < -0.4 is 0 Å². The molecule has 0 aliphatic rings. The van der Waals surface area contributed by atoms with E-state index >= 15 is 0 Å². The van der Waals surface area contributed by atoms with Crippen LogP contribution in [0.3, 0.4) is 0 Å². The Labute approximate surface area is 132 Å². The fourth-order valence-electron chi connectivity index (χ4n) is 1.69. The average Bonchev–Trinajstić information content (AvgIpc) is 2.48. The highest BCUT2D eigenvalue weighted by Gasteiger charge is 2.21. The van der Waals surface area contributed by atoms with E-state index in [0.29, 0.717) is 12.8 Å². The van der Waals surface area contributed by atoms with Crippen molar-refractivity contribution in [3.8, 4) is 0 Å². The van der Waals surface area contributed by atoms with Crippen LogP contribution in [-0.4, -0.2) is 37.2 Å². The van der Waals surface area contributed by atoms with Gasteiger partial charge in [0, 0.05) is 12.8 Å². The molecule has 0 aromatic heterocycles. The summed E-state index contributed by atoms with van der Waals surface area (Å²) in [4.78, 5) is 34.7. The second kappa shape index (κ2) is 13.1. The fourth-order valence-corrected chi connectivity index (χ4v) is 1.69. The molecular formula is C16H28O6. The Kier molecular flexibility index (Phi) is 12.2. The van der Waals surface area contributed by atoms with Crippen LogP contribution in [0, 0.1) is 0 Å². The Bertz CT molecular complexity index is 340. The molecule has 1 unspecified atom stereocenters. The molecule has 0 saturated heterocycles. The van der Waals surface area contributed by atoms with E-state index in [-0.39, 0.29) is 31.6 Å². The molecule has 0 amide bonds. The van der Waals surface area contributed by atoms with Crippen LogP contribution >= 0.6 is 0 Å². The summed E-state index contributed by atoms with van der Waals surface area (Å²) in [6, 6.07) is 0. The molecule has 0 rings (SSSR count). The van der Waals surface area contributed by atoms with Gasteiger partial charge in [-0.15, -0.1) is 0 Å². The minimum Gasteiger partial charge on any atom is -0.466 e. The first-order chi connectivity index (χ1) is 10.5.